The molecule has 2 atom stereocenters. The average Bonchev–Trinajstić information content (AvgIpc) is 2.48. The van der Waals surface area contributed by atoms with Gasteiger partial charge in [0.2, 0.25) is 5.91 Å². The molecule has 0 heterocycles. The van der Waals surface area contributed by atoms with Gasteiger partial charge in [-0.05, 0) is 31.4 Å². The lowest BCUT2D eigenvalue weighted by molar-refractivity contribution is -0.384. The number of nitro benzene ring substituents is 1. The van der Waals surface area contributed by atoms with E-state index in [2.05, 4.69) is 5.32 Å². The summed E-state index contributed by atoms with van der Waals surface area (Å²) in [6.07, 6.45) is 1.84. The van der Waals surface area contributed by atoms with Crippen LogP contribution in [0.25, 0.3) is 0 Å². The monoisotopic (exact) mass is 338 g/mol. The molecule has 0 bridgehead atoms. The number of carbonyl (C=O) groups is 2. The molecule has 1 aromatic carbocycles. The number of carboxylic acid groups (broad SMARTS) is 1. The Kier molecular flexibility index (Phi) is 5.00. The van der Waals surface area contributed by atoms with Crippen molar-refractivity contribution in [3.05, 3.63) is 45.0 Å². The molecule has 8 heteroatoms. The maximum absolute atomic E-state index is 12.4. The van der Waals surface area contributed by atoms with Crippen LogP contribution < -0.4 is 5.32 Å². The van der Waals surface area contributed by atoms with E-state index in [9.17, 15) is 24.8 Å². The second-order valence-corrected chi connectivity index (χ2v) is 5.89. The van der Waals surface area contributed by atoms with Gasteiger partial charge in [-0.1, -0.05) is 23.7 Å². The van der Waals surface area contributed by atoms with Crippen LogP contribution >= 0.6 is 11.6 Å². The van der Waals surface area contributed by atoms with E-state index >= 15 is 0 Å². The second kappa shape index (κ2) is 6.78. The molecule has 122 valence electrons. The number of anilines is 1. The van der Waals surface area contributed by atoms with Gasteiger partial charge in [-0.3, -0.25) is 19.7 Å². The molecule has 23 heavy (non-hydrogen) atoms. The molecular formula is C15H15ClN2O5. The summed E-state index contributed by atoms with van der Waals surface area (Å²) in [4.78, 5) is 34.2. The minimum Gasteiger partial charge on any atom is -0.481 e. The first kappa shape index (κ1) is 17.0. The summed E-state index contributed by atoms with van der Waals surface area (Å²) in [6.45, 7) is 1.70. The number of halogens is 1. The molecule has 0 saturated heterocycles. The highest BCUT2D eigenvalue weighted by Gasteiger charge is 2.36. The number of carboxylic acids is 1. The Morgan fingerprint density at radius 2 is 2.09 bits per heavy atom. The Morgan fingerprint density at radius 1 is 1.39 bits per heavy atom. The number of hydrogen-bond acceptors (Lipinski definition) is 4. The van der Waals surface area contributed by atoms with E-state index in [1.807, 2.05) is 0 Å². The minimum absolute atomic E-state index is 0.0421. The Bertz CT molecular complexity index is 701. The van der Waals surface area contributed by atoms with Crippen molar-refractivity contribution in [2.24, 2.45) is 11.8 Å². The molecule has 0 aliphatic heterocycles. The first-order valence-electron chi connectivity index (χ1n) is 6.93. The molecule has 7 nitrogen and oxygen atoms in total. The van der Waals surface area contributed by atoms with Crippen LogP contribution in [0.2, 0.25) is 0 Å². The van der Waals surface area contributed by atoms with E-state index in [-0.39, 0.29) is 24.2 Å². The lowest BCUT2D eigenvalue weighted by atomic mass is 9.82. The zero-order valence-electron chi connectivity index (χ0n) is 12.3. The number of nitrogens with zero attached hydrogens (tertiary/aromatic N) is 1. The van der Waals surface area contributed by atoms with Crippen LogP contribution in [0.5, 0.6) is 0 Å². The van der Waals surface area contributed by atoms with Crippen LogP contribution in [0.1, 0.15) is 18.4 Å². The zero-order valence-corrected chi connectivity index (χ0v) is 13.0. The minimum atomic E-state index is -1.09. The van der Waals surface area contributed by atoms with Gasteiger partial charge in [-0.15, -0.1) is 0 Å². The molecule has 0 aromatic heterocycles. The predicted octanol–water partition coefficient (Wildman–Crippen LogP) is 3.08. The van der Waals surface area contributed by atoms with E-state index in [1.165, 1.54) is 12.1 Å². The summed E-state index contributed by atoms with van der Waals surface area (Å²) in [5.41, 5.74) is 0.491. The molecule has 0 radical (unpaired) electrons. The third-order valence-electron chi connectivity index (χ3n) is 3.76. The third kappa shape index (κ3) is 3.87. The summed E-state index contributed by atoms with van der Waals surface area (Å²) in [6, 6.07) is 4.41. The summed E-state index contributed by atoms with van der Waals surface area (Å²) < 4.78 is 0. The van der Waals surface area contributed by atoms with Gasteiger partial charge in [-0.2, -0.15) is 0 Å². The van der Waals surface area contributed by atoms with Gasteiger partial charge in [0.15, 0.2) is 0 Å². The van der Waals surface area contributed by atoms with Crippen LogP contribution in [0.15, 0.2) is 29.3 Å². The first-order chi connectivity index (χ1) is 10.8. The van der Waals surface area contributed by atoms with Gasteiger partial charge in [-0.25, -0.2) is 0 Å². The maximum Gasteiger partial charge on any atom is 0.307 e. The van der Waals surface area contributed by atoms with Crippen molar-refractivity contribution in [1.29, 1.82) is 0 Å². The normalized spacial score (nSPS) is 20.5. The molecule has 0 saturated carbocycles. The molecule has 1 aliphatic carbocycles. The van der Waals surface area contributed by atoms with Crippen molar-refractivity contribution < 1.29 is 19.6 Å². The summed E-state index contributed by atoms with van der Waals surface area (Å²) >= 11 is 5.91. The number of allylic oxidation sites excluding steroid dienone is 2. The Morgan fingerprint density at radius 3 is 2.70 bits per heavy atom. The summed E-state index contributed by atoms with van der Waals surface area (Å²) in [5.74, 6) is -3.45. The quantitative estimate of drug-likeness (QED) is 0.647. The van der Waals surface area contributed by atoms with Crippen LogP contribution in [0.4, 0.5) is 11.4 Å². The van der Waals surface area contributed by atoms with Crippen LogP contribution in [0, 0.1) is 28.9 Å². The number of benzene rings is 1. The lowest BCUT2D eigenvalue weighted by Crippen LogP contribution is -2.35. The number of hydrogen-bond donors (Lipinski definition) is 2. The molecule has 2 N–H and O–H groups in total. The summed E-state index contributed by atoms with van der Waals surface area (Å²) in [7, 11) is 0. The van der Waals surface area contributed by atoms with Crippen LogP contribution in [-0.4, -0.2) is 21.9 Å². The van der Waals surface area contributed by atoms with Gasteiger partial charge in [0.1, 0.15) is 5.69 Å². The third-order valence-corrected chi connectivity index (χ3v) is 4.06. The fraction of sp³-hybridized carbons (Fsp3) is 0.333. The molecule has 1 aromatic rings. The maximum atomic E-state index is 12.4. The van der Waals surface area contributed by atoms with Gasteiger partial charge in [0.05, 0.1) is 16.8 Å². The number of nitro groups is 1. The average molecular weight is 339 g/mol. The highest BCUT2D eigenvalue weighted by atomic mass is 35.5. The molecule has 0 spiro atoms. The molecular weight excluding hydrogens is 324 g/mol. The van der Waals surface area contributed by atoms with Gasteiger partial charge in [0.25, 0.3) is 5.69 Å². The number of aryl methyl sites for hydroxylation is 1. The SMILES string of the molecule is Cc1ccc(NC(=O)[C@@H]2CC(Cl)=CC[C@H]2C(=O)O)c([N+](=O)[O-])c1. The van der Waals surface area contributed by atoms with E-state index in [0.717, 1.165) is 0 Å². The standard InChI is InChI=1S/C15H15ClN2O5/c1-8-2-5-12(13(6-8)18(22)23)17-14(19)11-7-9(16)3-4-10(11)15(20)21/h2-3,5-6,10-11H,4,7H2,1H3,(H,17,19)(H,20,21)/t10-,11-/m1/s1. The fourth-order valence-corrected chi connectivity index (χ4v) is 2.78. The van der Waals surface area contributed by atoms with Crippen molar-refractivity contribution >= 4 is 34.9 Å². The number of rotatable bonds is 4. The molecule has 1 aliphatic rings. The Labute approximate surface area is 137 Å². The Hall–Kier alpha value is -2.41. The van der Waals surface area contributed by atoms with Gasteiger partial charge < -0.3 is 10.4 Å². The smallest absolute Gasteiger partial charge is 0.307 e. The van der Waals surface area contributed by atoms with Gasteiger partial charge in [0, 0.05) is 11.1 Å². The highest BCUT2D eigenvalue weighted by molar-refractivity contribution is 6.29. The molecule has 2 rings (SSSR count). The largest absolute Gasteiger partial charge is 0.481 e. The summed E-state index contributed by atoms with van der Waals surface area (Å²) in [5, 5.41) is 23.2. The van der Waals surface area contributed by atoms with E-state index in [4.69, 9.17) is 11.6 Å². The van der Waals surface area contributed by atoms with E-state index in [0.29, 0.717) is 10.6 Å². The Balaban J connectivity index is 2.26. The van der Waals surface area contributed by atoms with Crippen LogP contribution in [0.3, 0.4) is 0 Å². The molecule has 0 unspecified atom stereocenters. The fourth-order valence-electron chi connectivity index (χ4n) is 2.53. The highest BCUT2D eigenvalue weighted by Crippen LogP contribution is 2.34. The number of carbonyl (C=O) groups excluding carboxylic acids is 1. The predicted molar refractivity (Wildman–Crippen MR) is 84.2 cm³/mol. The number of aliphatic carboxylic acids is 1. The molecule has 0 fully saturated rings. The topological polar surface area (TPSA) is 110 Å². The number of amides is 1. The van der Waals surface area contributed by atoms with Gasteiger partial charge >= 0.3 is 5.97 Å². The van der Waals surface area contributed by atoms with Crippen molar-refractivity contribution in [3.63, 3.8) is 0 Å². The van der Waals surface area contributed by atoms with Crippen molar-refractivity contribution in [2.75, 3.05) is 5.32 Å². The lowest BCUT2D eigenvalue weighted by Gasteiger charge is -2.25. The van der Waals surface area contributed by atoms with Crippen molar-refractivity contribution in [3.8, 4) is 0 Å². The van der Waals surface area contributed by atoms with Crippen molar-refractivity contribution in [1.82, 2.24) is 0 Å². The molecule has 1 amide bonds. The first-order valence-corrected chi connectivity index (χ1v) is 7.30. The second-order valence-electron chi connectivity index (χ2n) is 5.41. The van der Waals surface area contributed by atoms with E-state index in [1.54, 1.807) is 19.1 Å². The number of nitrogens with one attached hydrogen (secondary N) is 1. The van der Waals surface area contributed by atoms with Crippen LogP contribution in [-0.2, 0) is 9.59 Å². The van der Waals surface area contributed by atoms with E-state index < -0.39 is 28.6 Å². The zero-order chi connectivity index (χ0) is 17.1. The van der Waals surface area contributed by atoms with Crippen molar-refractivity contribution in [2.45, 2.75) is 19.8 Å².